The molecule has 4 bridgehead atoms. The third-order valence-corrected chi connectivity index (χ3v) is 4.57. The van der Waals surface area contributed by atoms with Crippen molar-refractivity contribution in [2.75, 3.05) is 79.3 Å². The predicted molar refractivity (Wildman–Crippen MR) is 124 cm³/mol. The number of carbonyl (C=O) groups excluding carboxylic acids is 1. The van der Waals surface area contributed by atoms with Crippen LogP contribution in [0.25, 0.3) is 0 Å². The van der Waals surface area contributed by atoms with Gasteiger partial charge in [-0.05, 0) is 24.3 Å². The Labute approximate surface area is 199 Å². The average molecular weight is 477 g/mol. The van der Waals surface area contributed by atoms with Crippen LogP contribution in [0.1, 0.15) is 10.4 Å². The van der Waals surface area contributed by atoms with Crippen LogP contribution >= 0.6 is 0 Å². The second-order valence-corrected chi connectivity index (χ2v) is 7.17. The number of carbonyl (C=O) groups is 1. The molecule has 0 radical (unpaired) electrons. The molecule has 186 valence electrons. The van der Waals surface area contributed by atoms with Gasteiger partial charge in [0.25, 0.3) is 0 Å². The van der Waals surface area contributed by atoms with Gasteiger partial charge in [0, 0.05) is 17.7 Å². The number of rotatable bonds is 1. The van der Waals surface area contributed by atoms with Crippen LogP contribution < -0.4 is 18.9 Å². The van der Waals surface area contributed by atoms with E-state index in [0.29, 0.717) is 108 Å². The number of fused-ring (bicyclic) bond motifs is 4. The van der Waals surface area contributed by atoms with Crippen LogP contribution in [0.2, 0.25) is 0 Å². The largest absolute Gasteiger partial charge is 0.491 e. The molecule has 0 aliphatic carbocycles. The lowest BCUT2D eigenvalue weighted by Crippen LogP contribution is -2.14. The Morgan fingerprint density at radius 2 is 0.824 bits per heavy atom. The Morgan fingerprint density at radius 1 is 0.471 bits per heavy atom. The molecule has 3 rings (SSSR count). The summed E-state index contributed by atoms with van der Waals surface area (Å²) in [6, 6.07) is 12.5. The minimum absolute atomic E-state index is 0.340. The van der Waals surface area contributed by atoms with Gasteiger partial charge in [-0.3, -0.25) is 4.79 Å². The lowest BCUT2D eigenvalue weighted by atomic mass is 10.2. The average Bonchev–Trinajstić information content (AvgIpc) is 2.86. The summed E-state index contributed by atoms with van der Waals surface area (Å²) < 4.78 is 44.9. The molecule has 1 heterocycles. The fourth-order valence-corrected chi connectivity index (χ4v) is 3.00. The van der Waals surface area contributed by atoms with Gasteiger partial charge in [-0.15, -0.1) is 0 Å². The predicted octanol–water partition coefficient (Wildman–Crippen LogP) is 2.79. The maximum absolute atomic E-state index is 11.2. The van der Waals surface area contributed by atoms with Crippen LogP contribution in [-0.4, -0.2) is 85.6 Å². The van der Waals surface area contributed by atoms with Crippen LogP contribution in [0, 0.1) is 0 Å². The van der Waals surface area contributed by atoms with Crippen molar-refractivity contribution in [3.63, 3.8) is 0 Å². The van der Waals surface area contributed by atoms with Crippen LogP contribution in [0.5, 0.6) is 23.0 Å². The molecule has 0 amide bonds. The van der Waals surface area contributed by atoms with Crippen LogP contribution in [0.4, 0.5) is 0 Å². The van der Waals surface area contributed by atoms with E-state index in [1.165, 1.54) is 0 Å². The highest BCUT2D eigenvalue weighted by atomic mass is 16.6. The van der Waals surface area contributed by atoms with Crippen molar-refractivity contribution >= 4 is 6.29 Å². The van der Waals surface area contributed by atoms with Crippen molar-refractivity contribution in [2.45, 2.75) is 0 Å². The monoisotopic (exact) mass is 476 g/mol. The van der Waals surface area contributed by atoms with E-state index in [1.807, 2.05) is 24.3 Å². The Hall–Kier alpha value is -2.85. The molecule has 1 aliphatic rings. The second kappa shape index (κ2) is 15.9. The molecular weight excluding hydrogens is 444 g/mol. The maximum atomic E-state index is 11.2. The molecule has 9 nitrogen and oxygen atoms in total. The van der Waals surface area contributed by atoms with Crippen molar-refractivity contribution in [2.24, 2.45) is 0 Å². The summed E-state index contributed by atoms with van der Waals surface area (Å²) in [6.07, 6.45) is 0.754. The van der Waals surface area contributed by atoms with Gasteiger partial charge >= 0.3 is 0 Å². The van der Waals surface area contributed by atoms with E-state index in [2.05, 4.69) is 0 Å². The van der Waals surface area contributed by atoms with Gasteiger partial charge in [0.15, 0.2) is 0 Å². The highest BCUT2D eigenvalue weighted by molar-refractivity contribution is 5.76. The zero-order valence-electron chi connectivity index (χ0n) is 19.3. The SMILES string of the molecule is O=Cc1cc2cc(c1)OCCOCCOCCOc1cccc(c1)OCCOCCOCCO2. The minimum Gasteiger partial charge on any atom is -0.491 e. The van der Waals surface area contributed by atoms with E-state index < -0.39 is 0 Å². The highest BCUT2D eigenvalue weighted by Crippen LogP contribution is 2.22. The number of ether oxygens (including phenoxy) is 8. The maximum Gasteiger partial charge on any atom is 0.150 e. The standard InChI is InChI=1S/C25H32O9/c26-20-21-16-24-19-25(17-21)34-15-11-30-7-5-28-9-13-32-23-3-1-2-22(18-23)31-12-8-27-4-6-29-10-14-33-24/h1-3,16-20H,4-15H2. The van der Waals surface area contributed by atoms with E-state index in [-0.39, 0.29) is 0 Å². The summed E-state index contributed by atoms with van der Waals surface area (Å²) in [5.74, 6) is 2.51. The molecule has 2 aromatic carbocycles. The number of benzene rings is 2. The van der Waals surface area contributed by atoms with Gasteiger partial charge in [0.1, 0.15) is 55.7 Å². The smallest absolute Gasteiger partial charge is 0.150 e. The lowest BCUT2D eigenvalue weighted by molar-refractivity contribution is 0.0260. The topological polar surface area (TPSA) is 90.9 Å². The molecule has 0 unspecified atom stereocenters. The third kappa shape index (κ3) is 10.4. The van der Waals surface area contributed by atoms with Crippen LogP contribution in [-0.2, 0) is 18.9 Å². The van der Waals surface area contributed by atoms with Gasteiger partial charge in [-0.2, -0.15) is 0 Å². The fraction of sp³-hybridized carbons (Fsp3) is 0.480. The third-order valence-electron chi connectivity index (χ3n) is 4.57. The van der Waals surface area contributed by atoms with E-state index in [1.54, 1.807) is 18.2 Å². The van der Waals surface area contributed by atoms with Crippen LogP contribution in [0.3, 0.4) is 0 Å². The van der Waals surface area contributed by atoms with Crippen molar-refractivity contribution in [1.82, 2.24) is 0 Å². The number of hydrogen-bond donors (Lipinski definition) is 0. The second-order valence-electron chi connectivity index (χ2n) is 7.17. The molecule has 0 atom stereocenters. The molecule has 0 saturated heterocycles. The van der Waals surface area contributed by atoms with E-state index in [4.69, 9.17) is 37.9 Å². The zero-order valence-corrected chi connectivity index (χ0v) is 19.3. The normalized spacial score (nSPS) is 17.8. The Morgan fingerprint density at radius 3 is 1.24 bits per heavy atom. The summed E-state index contributed by atoms with van der Waals surface area (Å²) in [5.41, 5.74) is 0.472. The van der Waals surface area contributed by atoms with Gasteiger partial charge in [-0.1, -0.05) is 6.07 Å². The molecule has 0 spiro atoms. The molecule has 2 aromatic rings. The molecule has 1 aliphatic heterocycles. The molecule has 34 heavy (non-hydrogen) atoms. The van der Waals surface area contributed by atoms with Crippen LogP contribution in [0.15, 0.2) is 42.5 Å². The highest BCUT2D eigenvalue weighted by Gasteiger charge is 2.04. The summed E-state index contributed by atoms with van der Waals surface area (Å²) in [5, 5.41) is 0. The first kappa shape index (κ1) is 25.8. The molecule has 0 fully saturated rings. The lowest BCUT2D eigenvalue weighted by Gasteiger charge is -2.12. The van der Waals surface area contributed by atoms with Gasteiger partial charge in [0.05, 0.1) is 52.9 Å². The Kier molecular flexibility index (Phi) is 12.0. The van der Waals surface area contributed by atoms with E-state index >= 15 is 0 Å². The van der Waals surface area contributed by atoms with Crippen molar-refractivity contribution in [1.29, 1.82) is 0 Å². The summed E-state index contributed by atoms with van der Waals surface area (Å²) in [4.78, 5) is 11.2. The Balaban J connectivity index is 1.46. The first-order valence-electron chi connectivity index (χ1n) is 11.4. The Bertz CT molecular complexity index is 785. The number of aldehydes is 1. The van der Waals surface area contributed by atoms with Crippen molar-refractivity contribution < 1.29 is 42.7 Å². The van der Waals surface area contributed by atoms with E-state index in [0.717, 1.165) is 6.29 Å². The van der Waals surface area contributed by atoms with Gasteiger partial charge < -0.3 is 37.9 Å². The van der Waals surface area contributed by atoms with Crippen molar-refractivity contribution in [3.8, 4) is 23.0 Å². The number of hydrogen-bond acceptors (Lipinski definition) is 9. The first-order valence-corrected chi connectivity index (χ1v) is 11.4. The molecular formula is C25H32O9. The van der Waals surface area contributed by atoms with E-state index in [9.17, 15) is 4.79 Å². The summed E-state index contributed by atoms with van der Waals surface area (Å²) in [7, 11) is 0. The quantitative estimate of drug-likeness (QED) is 0.576. The molecule has 0 aromatic heterocycles. The molecule has 9 heteroatoms. The molecule has 0 N–H and O–H groups in total. The summed E-state index contributed by atoms with van der Waals surface area (Å²) in [6.45, 7) is 4.99. The van der Waals surface area contributed by atoms with Gasteiger partial charge in [-0.25, -0.2) is 0 Å². The molecule has 0 saturated carbocycles. The zero-order chi connectivity index (χ0) is 23.7. The fourth-order valence-electron chi connectivity index (χ4n) is 3.00. The van der Waals surface area contributed by atoms with Crippen molar-refractivity contribution in [3.05, 3.63) is 48.0 Å². The summed E-state index contributed by atoms with van der Waals surface area (Å²) >= 11 is 0. The first-order chi connectivity index (χ1) is 16.8. The minimum atomic E-state index is 0.340. The van der Waals surface area contributed by atoms with Gasteiger partial charge in [0.2, 0.25) is 0 Å².